The van der Waals surface area contributed by atoms with Crippen molar-refractivity contribution in [3.8, 4) is 23.0 Å². The molecule has 0 radical (unpaired) electrons. The van der Waals surface area contributed by atoms with E-state index in [9.17, 15) is 5.11 Å². The second kappa shape index (κ2) is 15.9. The van der Waals surface area contributed by atoms with Crippen LogP contribution in [-0.2, 0) is 70.4 Å². The third-order valence-corrected chi connectivity index (χ3v) is 10.9. The van der Waals surface area contributed by atoms with Crippen molar-refractivity contribution >= 4 is 0 Å². The lowest BCUT2D eigenvalue weighted by Gasteiger charge is -2.27. The summed E-state index contributed by atoms with van der Waals surface area (Å²) < 4.78 is 31.8. The molecule has 55 heavy (non-hydrogen) atoms. The van der Waals surface area contributed by atoms with Crippen molar-refractivity contribution in [2.45, 2.75) is 144 Å². The number of phenols is 1. The van der Waals surface area contributed by atoms with Crippen molar-refractivity contribution < 1.29 is 28.8 Å². The molecule has 8 bridgehead atoms. The Bertz CT molecular complexity index is 2010. The molecule has 0 aliphatic carbocycles. The Hall–Kier alpha value is -4.00. The summed E-state index contributed by atoms with van der Waals surface area (Å²) in [6.07, 6.45) is 1.08. The average Bonchev–Trinajstić information content (AvgIpc) is 3.07. The van der Waals surface area contributed by atoms with Crippen LogP contribution in [0.2, 0.25) is 0 Å². The quantitative estimate of drug-likeness (QED) is 0.225. The van der Waals surface area contributed by atoms with Crippen LogP contribution in [0, 0.1) is 0 Å². The van der Waals surface area contributed by atoms with Crippen LogP contribution in [0.3, 0.4) is 0 Å². The van der Waals surface area contributed by atoms with Crippen LogP contribution in [0.25, 0.3) is 0 Å². The number of ether oxygens (including phenoxy) is 5. The number of aromatic hydroxyl groups is 1. The summed E-state index contributed by atoms with van der Waals surface area (Å²) in [6, 6.07) is 17.6. The average molecular weight is 751 g/mol. The molecule has 0 saturated carbocycles. The first-order valence-corrected chi connectivity index (χ1v) is 19.7. The highest BCUT2D eigenvalue weighted by atomic mass is 16.5. The van der Waals surface area contributed by atoms with Gasteiger partial charge in [-0.1, -0.05) is 107 Å². The fourth-order valence-corrected chi connectivity index (χ4v) is 7.45. The van der Waals surface area contributed by atoms with Gasteiger partial charge in [0.1, 0.15) is 23.0 Å². The van der Waals surface area contributed by atoms with Crippen molar-refractivity contribution in [2.75, 3.05) is 21.3 Å². The van der Waals surface area contributed by atoms with Crippen molar-refractivity contribution in [1.29, 1.82) is 0 Å². The third kappa shape index (κ3) is 9.52. The first-order valence-electron chi connectivity index (χ1n) is 19.7. The van der Waals surface area contributed by atoms with Crippen LogP contribution in [0.5, 0.6) is 23.0 Å². The second-order valence-electron chi connectivity index (χ2n) is 19.5. The Balaban J connectivity index is 1.77. The normalized spacial score (nSPS) is 14.7. The number of fused-ring (bicyclic) bond motifs is 8. The fourth-order valence-electron chi connectivity index (χ4n) is 7.45. The molecule has 1 heterocycles. The highest BCUT2D eigenvalue weighted by Crippen LogP contribution is 2.41. The molecule has 0 spiro atoms. The topological polar surface area (TPSA) is 66.4 Å². The van der Waals surface area contributed by atoms with Crippen LogP contribution in [0.4, 0.5) is 0 Å². The summed E-state index contributed by atoms with van der Waals surface area (Å²) in [5, 5.41) is 11.9. The number of hydrogen-bond acceptors (Lipinski definition) is 6. The van der Waals surface area contributed by atoms with Gasteiger partial charge >= 0.3 is 0 Å². The van der Waals surface area contributed by atoms with Crippen LogP contribution >= 0.6 is 0 Å². The monoisotopic (exact) mass is 750 g/mol. The first-order chi connectivity index (χ1) is 25.5. The van der Waals surface area contributed by atoms with E-state index in [2.05, 4.69) is 132 Å². The zero-order valence-electron chi connectivity index (χ0n) is 36.3. The summed E-state index contributed by atoms with van der Waals surface area (Å²) in [6.45, 7) is 27.9. The largest absolute Gasteiger partial charge is 0.507 e. The minimum atomic E-state index is -0.149. The molecule has 298 valence electrons. The Morgan fingerprint density at radius 2 is 0.618 bits per heavy atom. The molecule has 6 heteroatoms. The zero-order valence-corrected chi connectivity index (χ0v) is 36.3. The molecule has 1 aliphatic rings. The lowest BCUT2D eigenvalue weighted by molar-refractivity contribution is 0.103. The number of benzene rings is 4. The smallest absolute Gasteiger partial charge is 0.127 e. The Labute approximate surface area is 331 Å². The van der Waals surface area contributed by atoms with E-state index in [1.165, 1.54) is 16.7 Å². The molecule has 0 atom stereocenters. The maximum atomic E-state index is 11.9. The number of phenolic OH excluding ortho intramolecular Hbond substituents is 1. The van der Waals surface area contributed by atoms with Crippen molar-refractivity contribution in [1.82, 2.24) is 0 Å². The van der Waals surface area contributed by atoms with Gasteiger partial charge in [-0.3, -0.25) is 0 Å². The van der Waals surface area contributed by atoms with Crippen LogP contribution in [0.15, 0.2) is 48.5 Å². The van der Waals surface area contributed by atoms with Gasteiger partial charge in [0.25, 0.3) is 0 Å². The Morgan fingerprint density at radius 3 is 0.909 bits per heavy atom. The highest BCUT2D eigenvalue weighted by molar-refractivity contribution is 5.55. The number of methoxy groups -OCH3 is 3. The van der Waals surface area contributed by atoms with E-state index in [0.29, 0.717) is 32.7 Å². The molecule has 0 unspecified atom stereocenters. The first kappa shape index (κ1) is 42.1. The lowest BCUT2D eigenvalue weighted by atomic mass is 9.82. The molecular formula is C49H66O6. The SMILES string of the molecule is COc1c2cc(C(C)(C)C)cc1Cc1cc(C(C)(C)C)cc(c1O)COCc1cc(C(C)(C)C)cc(c1OC)Cc1cc(C(C)(C)C)cc(c1OC)COC2. The van der Waals surface area contributed by atoms with E-state index in [1.54, 1.807) is 21.3 Å². The van der Waals surface area contributed by atoms with Crippen LogP contribution in [-0.4, -0.2) is 26.4 Å². The van der Waals surface area contributed by atoms with Gasteiger partial charge in [-0.15, -0.1) is 0 Å². The molecule has 1 N–H and O–H groups in total. The van der Waals surface area contributed by atoms with E-state index in [1.807, 2.05) is 0 Å². The summed E-state index contributed by atoms with van der Waals surface area (Å²) >= 11 is 0. The van der Waals surface area contributed by atoms with Crippen LogP contribution in [0.1, 0.15) is 150 Å². The van der Waals surface area contributed by atoms with E-state index >= 15 is 0 Å². The highest BCUT2D eigenvalue weighted by Gasteiger charge is 2.27. The van der Waals surface area contributed by atoms with Gasteiger partial charge in [-0.05, 0) is 90.4 Å². The predicted molar refractivity (Wildman–Crippen MR) is 224 cm³/mol. The van der Waals surface area contributed by atoms with Gasteiger partial charge in [0.2, 0.25) is 0 Å². The van der Waals surface area contributed by atoms with Gasteiger partial charge in [0.05, 0.1) is 47.8 Å². The molecule has 0 amide bonds. The van der Waals surface area contributed by atoms with E-state index in [-0.39, 0.29) is 34.0 Å². The fraction of sp³-hybridized carbons (Fsp3) is 0.510. The zero-order chi connectivity index (χ0) is 40.7. The molecule has 0 fully saturated rings. The van der Waals surface area contributed by atoms with Gasteiger partial charge in [-0.25, -0.2) is 0 Å². The summed E-state index contributed by atoms with van der Waals surface area (Å²) in [5.41, 5.74) is 11.9. The maximum Gasteiger partial charge on any atom is 0.127 e. The van der Waals surface area contributed by atoms with Gasteiger partial charge < -0.3 is 28.8 Å². The van der Waals surface area contributed by atoms with Gasteiger partial charge in [0.15, 0.2) is 0 Å². The molecular weight excluding hydrogens is 685 g/mol. The molecule has 4 aromatic rings. The maximum absolute atomic E-state index is 11.9. The second-order valence-corrected chi connectivity index (χ2v) is 19.5. The molecule has 1 aliphatic heterocycles. The number of rotatable bonds is 3. The summed E-state index contributed by atoms with van der Waals surface area (Å²) in [7, 11) is 5.20. The predicted octanol–water partition coefficient (Wildman–Crippen LogP) is 11.5. The van der Waals surface area contributed by atoms with Crippen molar-refractivity contribution in [3.63, 3.8) is 0 Å². The van der Waals surface area contributed by atoms with E-state index < -0.39 is 0 Å². The lowest BCUT2D eigenvalue weighted by Crippen LogP contribution is -2.16. The molecule has 5 rings (SSSR count). The molecule has 0 aromatic heterocycles. The van der Waals surface area contributed by atoms with E-state index in [4.69, 9.17) is 23.7 Å². The number of hydrogen-bond donors (Lipinski definition) is 1. The van der Waals surface area contributed by atoms with Crippen molar-refractivity contribution in [3.05, 3.63) is 115 Å². The standard InChI is InChI=1S/C49H66O6/c1-46(2,3)38-18-30-16-31-19-39(47(4,5)6)24-36(43(31)51-13)28-55-29-37-25-41(49(10,11)12)21-33(45(37)53-15)17-32-20-40(48(7,8)9)23-35(44(32)52-14)27-54-26-34(22-38)42(30)50/h18-25,50H,16-17,26-29H2,1-15H3. The molecule has 0 saturated heterocycles. The minimum absolute atomic E-state index is 0.104. The van der Waals surface area contributed by atoms with E-state index in [0.717, 1.165) is 67.3 Å². The Kier molecular flexibility index (Phi) is 12.2. The third-order valence-electron chi connectivity index (χ3n) is 10.9. The Morgan fingerprint density at radius 1 is 0.382 bits per heavy atom. The summed E-state index contributed by atoms with van der Waals surface area (Å²) in [4.78, 5) is 0. The molecule has 4 aromatic carbocycles. The minimum Gasteiger partial charge on any atom is -0.507 e. The van der Waals surface area contributed by atoms with Gasteiger partial charge in [0, 0.05) is 35.1 Å². The van der Waals surface area contributed by atoms with Crippen LogP contribution < -0.4 is 14.2 Å². The van der Waals surface area contributed by atoms with Crippen molar-refractivity contribution in [2.24, 2.45) is 0 Å². The summed E-state index contributed by atoms with van der Waals surface area (Å²) in [5.74, 6) is 2.65. The van der Waals surface area contributed by atoms with Gasteiger partial charge in [-0.2, -0.15) is 0 Å². The molecule has 6 nitrogen and oxygen atoms in total.